The molecule has 2 rings (SSSR count). The van der Waals surface area contributed by atoms with Crippen LogP contribution in [0.4, 0.5) is 11.4 Å². The fourth-order valence-electron chi connectivity index (χ4n) is 1.81. The number of nitrogen functional groups attached to an aromatic ring is 1. The molecule has 0 radical (unpaired) electrons. The first-order valence-electron chi connectivity index (χ1n) is 5.84. The van der Waals surface area contributed by atoms with Crippen molar-refractivity contribution in [3.63, 3.8) is 0 Å². The average molecular weight is 260 g/mol. The molecule has 0 saturated carbocycles. The Bertz CT molecular complexity index is 592. The van der Waals surface area contributed by atoms with Gasteiger partial charge in [-0.3, -0.25) is 4.79 Å². The van der Waals surface area contributed by atoms with Crippen LogP contribution in [0.1, 0.15) is 16.2 Å². The molecule has 0 fully saturated rings. The highest BCUT2D eigenvalue weighted by Gasteiger charge is 2.10. The molecule has 0 aliphatic heterocycles. The van der Waals surface area contributed by atoms with E-state index in [9.17, 15) is 4.79 Å². The van der Waals surface area contributed by atoms with Crippen molar-refractivity contribution >= 4 is 17.3 Å². The largest absolute Gasteiger partial charge is 0.397 e. The number of rotatable bonds is 5. The summed E-state index contributed by atoms with van der Waals surface area (Å²) in [5, 5.41) is 10.9. The number of nitrogens with zero attached hydrogens (tertiary/aromatic N) is 3. The highest BCUT2D eigenvalue weighted by atomic mass is 16.1. The van der Waals surface area contributed by atoms with Crippen molar-refractivity contribution in [2.45, 2.75) is 6.42 Å². The van der Waals surface area contributed by atoms with Gasteiger partial charge in [0, 0.05) is 20.0 Å². The van der Waals surface area contributed by atoms with Crippen LogP contribution in [0, 0.1) is 0 Å². The number of aryl methyl sites for hydroxylation is 1. The molecule has 100 valence electrons. The zero-order valence-electron chi connectivity index (χ0n) is 10.6. The minimum Gasteiger partial charge on any atom is -0.397 e. The summed E-state index contributed by atoms with van der Waals surface area (Å²) in [5.74, 6) is 0.344. The number of nitrogens with two attached hydrogens (primary N) is 2. The van der Waals surface area contributed by atoms with Gasteiger partial charge in [0.25, 0.3) is 5.91 Å². The molecule has 1 aromatic carbocycles. The highest BCUT2D eigenvalue weighted by Crippen LogP contribution is 2.22. The van der Waals surface area contributed by atoms with Gasteiger partial charge in [0.05, 0.1) is 16.9 Å². The Morgan fingerprint density at radius 2 is 2.26 bits per heavy atom. The van der Waals surface area contributed by atoms with E-state index >= 15 is 0 Å². The van der Waals surface area contributed by atoms with Crippen molar-refractivity contribution < 1.29 is 4.79 Å². The van der Waals surface area contributed by atoms with E-state index in [2.05, 4.69) is 15.5 Å². The molecular weight excluding hydrogens is 244 g/mol. The van der Waals surface area contributed by atoms with Crippen LogP contribution in [-0.4, -0.2) is 27.2 Å². The Labute approximate surface area is 110 Å². The van der Waals surface area contributed by atoms with Crippen LogP contribution in [-0.2, 0) is 13.5 Å². The van der Waals surface area contributed by atoms with E-state index in [4.69, 9.17) is 11.5 Å². The zero-order valence-corrected chi connectivity index (χ0v) is 10.6. The minimum atomic E-state index is -0.506. The number of para-hydroxylation sites is 1. The Hall–Kier alpha value is -2.57. The summed E-state index contributed by atoms with van der Waals surface area (Å²) in [5.41, 5.74) is 12.6. The number of carbonyl (C=O) groups excluding carboxylic acids is 1. The van der Waals surface area contributed by atoms with Crippen LogP contribution in [0.3, 0.4) is 0 Å². The van der Waals surface area contributed by atoms with Gasteiger partial charge in [-0.1, -0.05) is 6.07 Å². The number of hydrogen-bond acceptors (Lipinski definition) is 5. The molecule has 1 heterocycles. The van der Waals surface area contributed by atoms with Crippen molar-refractivity contribution in [3.05, 3.63) is 35.9 Å². The van der Waals surface area contributed by atoms with Crippen LogP contribution in [0.15, 0.2) is 24.5 Å². The van der Waals surface area contributed by atoms with Crippen LogP contribution < -0.4 is 16.8 Å². The lowest BCUT2D eigenvalue weighted by molar-refractivity contribution is 0.100. The fourth-order valence-corrected chi connectivity index (χ4v) is 1.81. The summed E-state index contributed by atoms with van der Waals surface area (Å²) < 4.78 is 1.84. The third-order valence-electron chi connectivity index (χ3n) is 2.82. The van der Waals surface area contributed by atoms with Gasteiger partial charge in [-0.25, -0.2) is 0 Å². The number of anilines is 2. The van der Waals surface area contributed by atoms with Gasteiger partial charge < -0.3 is 21.4 Å². The minimum absolute atomic E-state index is 0.387. The van der Waals surface area contributed by atoms with Gasteiger partial charge in [-0.2, -0.15) is 0 Å². The normalized spacial score (nSPS) is 10.4. The van der Waals surface area contributed by atoms with Gasteiger partial charge >= 0.3 is 0 Å². The van der Waals surface area contributed by atoms with E-state index < -0.39 is 5.91 Å². The summed E-state index contributed by atoms with van der Waals surface area (Å²) in [6.45, 7) is 0.584. The van der Waals surface area contributed by atoms with E-state index in [0.717, 1.165) is 5.82 Å². The van der Waals surface area contributed by atoms with Crippen LogP contribution in [0.5, 0.6) is 0 Å². The molecule has 19 heavy (non-hydrogen) atoms. The van der Waals surface area contributed by atoms with E-state index in [1.165, 1.54) is 0 Å². The van der Waals surface area contributed by atoms with Crippen molar-refractivity contribution in [3.8, 4) is 0 Å². The van der Waals surface area contributed by atoms with E-state index in [1.807, 2.05) is 11.6 Å². The lowest BCUT2D eigenvalue weighted by Crippen LogP contribution is -2.17. The molecular formula is C12H16N6O. The highest BCUT2D eigenvalue weighted by molar-refractivity contribution is 6.01. The maximum Gasteiger partial charge on any atom is 0.250 e. The lowest BCUT2D eigenvalue weighted by atomic mass is 10.1. The summed E-state index contributed by atoms with van der Waals surface area (Å²) in [7, 11) is 1.88. The van der Waals surface area contributed by atoms with Crippen molar-refractivity contribution in [2.24, 2.45) is 12.8 Å². The first kappa shape index (κ1) is 12.9. The quantitative estimate of drug-likeness (QED) is 0.662. The van der Waals surface area contributed by atoms with E-state index in [0.29, 0.717) is 29.9 Å². The first-order chi connectivity index (χ1) is 9.09. The number of carbonyl (C=O) groups is 1. The molecule has 0 spiro atoms. The summed E-state index contributed by atoms with van der Waals surface area (Å²) in [6, 6.07) is 5.06. The van der Waals surface area contributed by atoms with Gasteiger partial charge in [0.1, 0.15) is 12.2 Å². The molecule has 1 amide bonds. The monoisotopic (exact) mass is 260 g/mol. The molecule has 0 saturated heterocycles. The molecule has 0 unspecified atom stereocenters. The number of primary amides is 1. The van der Waals surface area contributed by atoms with Gasteiger partial charge in [-0.15, -0.1) is 10.2 Å². The number of benzene rings is 1. The van der Waals surface area contributed by atoms with Crippen molar-refractivity contribution in [1.29, 1.82) is 0 Å². The lowest BCUT2D eigenvalue weighted by Gasteiger charge is -2.12. The predicted octanol–water partition coefficient (Wildman–Crippen LogP) is 0.151. The molecule has 7 nitrogen and oxygen atoms in total. The van der Waals surface area contributed by atoms with Gasteiger partial charge in [0.15, 0.2) is 0 Å². The molecule has 0 aliphatic carbocycles. The van der Waals surface area contributed by atoms with E-state index in [-0.39, 0.29) is 0 Å². The topological polar surface area (TPSA) is 112 Å². The maximum absolute atomic E-state index is 11.3. The number of amides is 1. The van der Waals surface area contributed by atoms with Crippen molar-refractivity contribution in [1.82, 2.24) is 14.8 Å². The van der Waals surface area contributed by atoms with Crippen molar-refractivity contribution in [2.75, 3.05) is 17.6 Å². The molecule has 0 bridgehead atoms. The van der Waals surface area contributed by atoms with Gasteiger partial charge in [-0.05, 0) is 12.1 Å². The summed E-state index contributed by atoms with van der Waals surface area (Å²) in [6.07, 6.45) is 2.31. The molecule has 7 heteroatoms. The van der Waals surface area contributed by atoms with E-state index in [1.54, 1.807) is 24.5 Å². The van der Waals surface area contributed by atoms with Crippen LogP contribution in [0.25, 0.3) is 0 Å². The average Bonchev–Trinajstić information content (AvgIpc) is 2.77. The Morgan fingerprint density at radius 3 is 2.89 bits per heavy atom. The van der Waals surface area contributed by atoms with Gasteiger partial charge in [0.2, 0.25) is 0 Å². The SMILES string of the molecule is Cn1cnnc1CCNc1c(N)cccc1C(N)=O. The van der Waals surface area contributed by atoms with Crippen LogP contribution in [0.2, 0.25) is 0 Å². The number of nitrogens with one attached hydrogen (secondary N) is 1. The summed E-state index contributed by atoms with van der Waals surface area (Å²) >= 11 is 0. The Morgan fingerprint density at radius 1 is 1.47 bits per heavy atom. The Kier molecular flexibility index (Phi) is 3.65. The number of hydrogen-bond donors (Lipinski definition) is 3. The fraction of sp³-hybridized carbons (Fsp3) is 0.250. The smallest absolute Gasteiger partial charge is 0.250 e. The second-order valence-corrected chi connectivity index (χ2v) is 4.17. The molecule has 0 atom stereocenters. The second kappa shape index (κ2) is 5.38. The third kappa shape index (κ3) is 2.82. The van der Waals surface area contributed by atoms with Crippen LogP contribution >= 0.6 is 0 Å². The Balaban J connectivity index is 2.07. The molecule has 1 aromatic heterocycles. The standard InChI is InChI=1S/C12H16N6O/c1-18-7-16-17-10(18)5-6-15-11-8(12(14)19)3-2-4-9(11)13/h2-4,7,15H,5-6,13H2,1H3,(H2,14,19). The molecule has 0 aliphatic rings. The second-order valence-electron chi connectivity index (χ2n) is 4.17. The maximum atomic E-state index is 11.3. The molecule has 5 N–H and O–H groups in total. The predicted molar refractivity (Wildman–Crippen MR) is 72.6 cm³/mol. The first-order valence-corrected chi connectivity index (χ1v) is 5.84. The third-order valence-corrected chi connectivity index (χ3v) is 2.82. The molecule has 2 aromatic rings. The summed E-state index contributed by atoms with van der Waals surface area (Å²) in [4.78, 5) is 11.3. The number of aromatic nitrogens is 3. The zero-order chi connectivity index (χ0) is 13.8.